The number of nitrogens with one attached hydrogen (secondary N) is 3. The Morgan fingerprint density at radius 3 is 2.36 bits per heavy atom. The number of likely N-dealkylation sites (N-methyl/N-ethyl adjacent to an activating group) is 1. The van der Waals surface area contributed by atoms with Crippen LogP contribution in [0.15, 0.2) is 47.1 Å². The topological polar surface area (TPSA) is 104 Å². The normalized spacial score (nSPS) is 10.4. The molecule has 0 aliphatic rings. The van der Waals surface area contributed by atoms with Crippen LogP contribution in [0.3, 0.4) is 0 Å². The van der Waals surface area contributed by atoms with E-state index in [1.54, 1.807) is 37.2 Å². The number of carbonyl (C=O) groups excluding carboxylic acids is 3. The molecule has 3 N–H and O–H groups in total. The molecule has 0 unspecified atom stereocenters. The lowest BCUT2D eigenvalue weighted by Gasteiger charge is -2.16. The second kappa shape index (κ2) is 8.65. The number of furan rings is 1. The number of hydrogen-bond donors (Lipinski definition) is 3. The van der Waals surface area contributed by atoms with E-state index >= 15 is 0 Å². The summed E-state index contributed by atoms with van der Waals surface area (Å²) in [5.74, 6) is -0.911. The molecule has 0 atom stereocenters. The molecule has 0 spiro atoms. The lowest BCUT2D eigenvalue weighted by molar-refractivity contribution is -0.122. The van der Waals surface area contributed by atoms with Gasteiger partial charge in [0, 0.05) is 19.2 Å². The standard InChI is InChI=1S/C17H20N4O4/c1-18-16(23)13-7-5-12(6-8-13)10-21(2)11-15(22)19-20-17(24)14-4-3-9-25-14/h3-9H,10-11H2,1-2H3,(H,18,23)(H,19,22)(H,20,24). The van der Waals surface area contributed by atoms with Crippen molar-refractivity contribution in [3.8, 4) is 0 Å². The number of hydrogen-bond acceptors (Lipinski definition) is 5. The summed E-state index contributed by atoms with van der Waals surface area (Å²) in [6.07, 6.45) is 1.37. The van der Waals surface area contributed by atoms with Crippen molar-refractivity contribution in [2.75, 3.05) is 20.6 Å². The highest BCUT2D eigenvalue weighted by atomic mass is 16.3. The average molecular weight is 344 g/mol. The van der Waals surface area contributed by atoms with Gasteiger partial charge in [0.25, 0.3) is 11.8 Å². The molecule has 0 radical (unpaired) electrons. The molecule has 8 heteroatoms. The molecular weight excluding hydrogens is 324 g/mol. The zero-order chi connectivity index (χ0) is 18.2. The van der Waals surface area contributed by atoms with E-state index in [4.69, 9.17) is 4.42 Å². The maximum absolute atomic E-state index is 11.8. The minimum atomic E-state index is -0.522. The van der Waals surface area contributed by atoms with Gasteiger partial charge in [-0.25, -0.2) is 0 Å². The summed E-state index contributed by atoms with van der Waals surface area (Å²) in [6, 6.07) is 10.2. The Hall–Kier alpha value is -3.13. The van der Waals surface area contributed by atoms with Crippen molar-refractivity contribution in [1.29, 1.82) is 0 Å². The third-order valence-corrected chi connectivity index (χ3v) is 3.37. The van der Waals surface area contributed by atoms with Crippen molar-refractivity contribution in [1.82, 2.24) is 21.1 Å². The van der Waals surface area contributed by atoms with Crippen LogP contribution in [0, 0.1) is 0 Å². The quantitative estimate of drug-likeness (QED) is 0.663. The molecule has 1 aromatic carbocycles. The van der Waals surface area contributed by atoms with Crippen molar-refractivity contribution in [3.63, 3.8) is 0 Å². The monoisotopic (exact) mass is 344 g/mol. The zero-order valence-electron chi connectivity index (χ0n) is 14.0. The summed E-state index contributed by atoms with van der Waals surface area (Å²) in [4.78, 5) is 36.8. The van der Waals surface area contributed by atoms with Gasteiger partial charge in [-0.15, -0.1) is 0 Å². The molecule has 0 saturated carbocycles. The van der Waals surface area contributed by atoms with Crippen LogP contribution in [-0.2, 0) is 11.3 Å². The fraction of sp³-hybridized carbons (Fsp3) is 0.235. The number of benzene rings is 1. The number of nitrogens with zero attached hydrogens (tertiary/aromatic N) is 1. The van der Waals surface area contributed by atoms with E-state index in [9.17, 15) is 14.4 Å². The minimum Gasteiger partial charge on any atom is -0.459 e. The molecule has 2 aromatic rings. The molecule has 3 amide bonds. The molecule has 0 bridgehead atoms. The molecule has 0 aliphatic carbocycles. The first-order chi connectivity index (χ1) is 12.0. The van der Waals surface area contributed by atoms with Crippen LogP contribution < -0.4 is 16.2 Å². The van der Waals surface area contributed by atoms with Crippen molar-refractivity contribution in [2.24, 2.45) is 0 Å². The van der Waals surface area contributed by atoms with Crippen LogP contribution in [0.2, 0.25) is 0 Å². The highest BCUT2D eigenvalue weighted by Crippen LogP contribution is 2.06. The van der Waals surface area contributed by atoms with Crippen LogP contribution in [0.4, 0.5) is 0 Å². The van der Waals surface area contributed by atoms with Crippen molar-refractivity contribution < 1.29 is 18.8 Å². The van der Waals surface area contributed by atoms with Gasteiger partial charge < -0.3 is 9.73 Å². The lowest BCUT2D eigenvalue weighted by atomic mass is 10.1. The number of amides is 3. The molecule has 2 rings (SSSR count). The van der Waals surface area contributed by atoms with Gasteiger partial charge in [0.1, 0.15) is 0 Å². The maximum Gasteiger partial charge on any atom is 0.305 e. The Labute approximate surface area is 145 Å². The van der Waals surface area contributed by atoms with E-state index in [1.165, 1.54) is 12.3 Å². The van der Waals surface area contributed by atoms with Crippen molar-refractivity contribution >= 4 is 17.7 Å². The fourth-order valence-corrected chi connectivity index (χ4v) is 2.15. The highest BCUT2D eigenvalue weighted by Gasteiger charge is 2.11. The van der Waals surface area contributed by atoms with Gasteiger partial charge in [-0.2, -0.15) is 0 Å². The Morgan fingerprint density at radius 2 is 1.76 bits per heavy atom. The van der Waals surface area contributed by atoms with Gasteiger partial charge in [0.15, 0.2) is 5.76 Å². The second-order valence-electron chi connectivity index (χ2n) is 5.43. The molecule has 1 aromatic heterocycles. The second-order valence-corrected chi connectivity index (χ2v) is 5.43. The maximum atomic E-state index is 11.8. The predicted octanol–water partition coefficient (Wildman–Crippen LogP) is 0.532. The first-order valence-electron chi connectivity index (χ1n) is 7.62. The Morgan fingerprint density at radius 1 is 1.04 bits per heavy atom. The van der Waals surface area contributed by atoms with Crippen molar-refractivity contribution in [3.05, 3.63) is 59.5 Å². The molecule has 0 fully saturated rings. The van der Waals surface area contributed by atoms with Gasteiger partial charge in [-0.3, -0.25) is 30.1 Å². The van der Waals surface area contributed by atoms with Gasteiger partial charge in [-0.1, -0.05) is 12.1 Å². The van der Waals surface area contributed by atoms with E-state index in [0.717, 1.165) is 5.56 Å². The summed E-state index contributed by atoms with van der Waals surface area (Å²) >= 11 is 0. The molecule has 0 aliphatic heterocycles. The molecule has 1 heterocycles. The highest BCUT2D eigenvalue weighted by molar-refractivity contribution is 5.94. The van der Waals surface area contributed by atoms with E-state index in [-0.39, 0.29) is 24.1 Å². The zero-order valence-corrected chi connectivity index (χ0v) is 14.0. The minimum absolute atomic E-state index is 0.0929. The van der Waals surface area contributed by atoms with Gasteiger partial charge in [0.2, 0.25) is 0 Å². The SMILES string of the molecule is CNC(=O)c1ccc(CN(C)CC(=O)NNC(=O)c2ccco2)cc1. The third-order valence-electron chi connectivity index (χ3n) is 3.37. The van der Waals surface area contributed by atoms with Crippen LogP contribution in [-0.4, -0.2) is 43.3 Å². The molecule has 8 nitrogen and oxygen atoms in total. The molecular formula is C17H20N4O4. The lowest BCUT2D eigenvalue weighted by Crippen LogP contribution is -2.45. The van der Waals surface area contributed by atoms with E-state index in [0.29, 0.717) is 12.1 Å². The van der Waals surface area contributed by atoms with Crippen molar-refractivity contribution in [2.45, 2.75) is 6.54 Å². The summed E-state index contributed by atoms with van der Waals surface area (Å²) in [6.45, 7) is 0.614. The third kappa shape index (κ3) is 5.47. The average Bonchev–Trinajstić information content (AvgIpc) is 3.14. The summed E-state index contributed by atoms with van der Waals surface area (Å²) < 4.78 is 4.92. The number of rotatable bonds is 6. The first kappa shape index (κ1) is 18.2. The largest absolute Gasteiger partial charge is 0.459 e. The Bertz CT molecular complexity index is 726. The molecule has 0 saturated heterocycles. The Kier molecular flexibility index (Phi) is 6.30. The van der Waals surface area contributed by atoms with E-state index in [1.807, 2.05) is 12.1 Å². The Balaban J connectivity index is 1.77. The number of carbonyl (C=O) groups is 3. The van der Waals surface area contributed by atoms with Crippen LogP contribution in [0.1, 0.15) is 26.5 Å². The van der Waals surface area contributed by atoms with Crippen LogP contribution in [0.5, 0.6) is 0 Å². The first-order valence-corrected chi connectivity index (χ1v) is 7.62. The van der Waals surface area contributed by atoms with E-state index < -0.39 is 5.91 Å². The van der Waals surface area contributed by atoms with Gasteiger partial charge in [-0.05, 0) is 36.9 Å². The summed E-state index contributed by atoms with van der Waals surface area (Å²) in [7, 11) is 3.36. The molecule has 25 heavy (non-hydrogen) atoms. The van der Waals surface area contributed by atoms with E-state index in [2.05, 4.69) is 16.2 Å². The molecule has 132 valence electrons. The number of hydrazine groups is 1. The summed E-state index contributed by atoms with van der Waals surface area (Å²) in [5, 5.41) is 2.56. The van der Waals surface area contributed by atoms with Gasteiger partial charge in [0.05, 0.1) is 12.8 Å². The fourth-order valence-electron chi connectivity index (χ4n) is 2.15. The smallest absolute Gasteiger partial charge is 0.305 e. The van der Waals surface area contributed by atoms with Gasteiger partial charge >= 0.3 is 5.91 Å². The predicted molar refractivity (Wildman–Crippen MR) is 90.5 cm³/mol. The van der Waals surface area contributed by atoms with Crippen LogP contribution in [0.25, 0.3) is 0 Å². The van der Waals surface area contributed by atoms with Crippen LogP contribution >= 0.6 is 0 Å². The summed E-state index contributed by atoms with van der Waals surface area (Å²) in [5.41, 5.74) is 6.14.